The normalized spacial score (nSPS) is 11.6. The van der Waals surface area contributed by atoms with Gasteiger partial charge in [-0.2, -0.15) is 0 Å². The van der Waals surface area contributed by atoms with E-state index in [1.165, 1.54) is 18.0 Å². The monoisotopic (exact) mass is 342 g/mol. The van der Waals surface area contributed by atoms with Gasteiger partial charge < -0.3 is 10.2 Å². The molecule has 0 fully saturated rings. The van der Waals surface area contributed by atoms with Crippen molar-refractivity contribution in [2.24, 2.45) is 0 Å². The van der Waals surface area contributed by atoms with Crippen LogP contribution in [-0.2, 0) is 22.6 Å². The Morgan fingerprint density at radius 3 is 2.36 bits per heavy atom. The minimum Gasteiger partial charge on any atom is -0.357 e. The largest absolute Gasteiger partial charge is 0.357 e. The Hall–Kier alpha value is -2.69. The third-order valence-electron chi connectivity index (χ3n) is 4.18. The van der Waals surface area contributed by atoms with Crippen LogP contribution in [0.3, 0.4) is 0 Å². The summed E-state index contributed by atoms with van der Waals surface area (Å²) in [6.07, 6.45) is 0.841. The summed E-state index contributed by atoms with van der Waals surface area (Å²) in [4.78, 5) is 26.2. The van der Waals surface area contributed by atoms with E-state index in [-0.39, 0.29) is 30.6 Å². The van der Waals surface area contributed by atoms with Gasteiger partial charge in [-0.05, 0) is 25.0 Å². The average Bonchev–Trinajstić information content (AvgIpc) is 2.65. The van der Waals surface area contributed by atoms with E-state index in [4.69, 9.17) is 0 Å². The molecule has 2 aromatic carbocycles. The van der Waals surface area contributed by atoms with Crippen LogP contribution in [-0.4, -0.2) is 29.8 Å². The molecule has 132 valence electrons. The highest BCUT2D eigenvalue weighted by atomic mass is 19.1. The van der Waals surface area contributed by atoms with Gasteiger partial charge in [0.05, 0.1) is 0 Å². The van der Waals surface area contributed by atoms with Gasteiger partial charge in [0, 0.05) is 25.6 Å². The van der Waals surface area contributed by atoms with Crippen molar-refractivity contribution < 1.29 is 14.0 Å². The van der Waals surface area contributed by atoms with Crippen LogP contribution in [0.4, 0.5) is 4.39 Å². The first-order valence-electron chi connectivity index (χ1n) is 8.31. The highest BCUT2D eigenvalue weighted by Crippen LogP contribution is 2.15. The first-order chi connectivity index (χ1) is 12.0. The summed E-state index contributed by atoms with van der Waals surface area (Å²) in [5.41, 5.74) is 1.45. The number of likely N-dealkylation sites (N-methyl/N-ethyl adjacent to an activating group) is 1. The van der Waals surface area contributed by atoms with Crippen molar-refractivity contribution in [2.45, 2.75) is 32.4 Å². The standard InChI is InChI=1S/C20H23FN2O2/c1-15(20(25)22-2)23(14-17-10-6-7-11-18(17)21)19(24)13-12-16-8-4-3-5-9-16/h3-11,15H,12-14H2,1-2H3,(H,22,25). The number of rotatable bonds is 7. The molecule has 0 saturated heterocycles. The molecule has 0 aliphatic heterocycles. The van der Waals surface area contributed by atoms with Crippen molar-refractivity contribution in [3.8, 4) is 0 Å². The fourth-order valence-corrected chi connectivity index (χ4v) is 2.64. The second-order valence-electron chi connectivity index (χ2n) is 5.89. The van der Waals surface area contributed by atoms with Gasteiger partial charge in [0.25, 0.3) is 0 Å². The summed E-state index contributed by atoms with van der Waals surface area (Å²) in [7, 11) is 1.52. The Balaban J connectivity index is 2.14. The summed E-state index contributed by atoms with van der Waals surface area (Å²) in [5.74, 6) is -0.833. The minimum absolute atomic E-state index is 0.0644. The summed E-state index contributed by atoms with van der Waals surface area (Å²) < 4.78 is 14.0. The summed E-state index contributed by atoms with van der Waals surface area (Å²) in [6, 6.07) is 15.3. The zero-order valence-corrected chi connectivity index (χ0v) is 14.5. The van der Waals surface area contributed by atoms with Crippen LogP contribution in [0.15, 0.2) is 54.6 Å². The van der Waals surface area contributed by atoms with Crippen LogP contribution in [0.1, 0.15) is 24.5 Å². The number of amides is 2. The Labute approximate surface area is 147 Å². The molecule has 4 nitrogen and oxygen atoms in total. The Kier molecular flexibility index (Phi) is 6.69. The molecule has 0 spiro atoms. The molecule has 0 bridgehead atoms. The highest BCUT2D eigenvalue weighted by molar-refractivity contribution is 5.87. The van der Waals surface area contributed by atoms with Crippen molar-refractivity contribution in [3.05, 3.63) is 71.5 Å². The molecular weight excluding hydrogens is 319 g/mol. The molecule has 1 unspecified atom stereocenters. The number of benzene rings is 2. The fraction of sp³-hybridized carbons (Fsp3) is 0.300. The second-order valence-corrected chi connectivity index (χ2v) is 5.89. The number of aryl methyl sites for hydroxylation is 1. The number of carbonyl (C=O) groups excluding carboxylic acids is 2. The Morgan fingerprint density at radius 1 is 1.08 bits per heavy atom. The maximum atomic E-state index is 14.0. The third-order valence-corrected chi connectivity index (χ3v) is 4.18. The van der Waals surface area contributed by atoms with E-state index in [0.29, 0.717) is 12.0 Å². The first-order valence-corrected chi connectivity index (χ1v) is 8.31. The maximum Gasteiger partial charge on any atom is 0.242 e. The summed E-state index contributed by atoms with van der Waals surface area (Å²) in [6.45, 7) is 1.72. The Bertz CT molecular complexity index is 719. The molecular formula is C20H23FN2O2. The van der Waals surface area contributed by atoms with Gasteiger partial charge in [-0.3, -0.25) is 9.59 Å². The van der Waals surface area contributed by atoms with E-state index in [0.717, 1.165) is 5.56 Å². The number of hydrogen-bond donors (Lipinski definition) is 1. The molecule has 5 heteroatoms. The van der Waals surface area contributed by atoms with Gasteiger partial charge in [-0.25, -0.2) is 4.39 Å². The lowest BCUT2D eigenvalue weighted by atomic mass is 10.1. The zero-order valence-electron chi connectivity index (χ0n) is 14.5. The third kappa shape index (κ3) is 5.14. The first kappa shape index (κ1) is 18.6. The number of nitrogens with one attached hydrogen (secondary N) is 1. The molecule has 0 saturated carbocycles. The molecule has 2 rings (SSSR count). The van der Waals surface area contributed by atoms with Gasteiger partial charge in [0.15, 0.2) is 0 Å². The number of hydrogen-bond acceptors (Lipinski definition) is 2. The van der Waals surface area contributed by atoms with Crippen LogP contribution in [0.5, 0.6) is 0 Å². The van der Waals surface area contributed by atoms with Gasteiger partial charge >= 0.3 is 0 Å². The van der Waals surface area contributed by atoms with Crippen LogP contribution in [0.2, 0.25) is 0 Å². The summed E-state index contributed by atoms with van der Waals surface area (Å²) >= 11 is 0. The van der Waals surface area contributed by atoms with Gasteiger partial charge in [0.1, 0.15) is 11.9 Å². The second kappa shape index (κ2) is 8.97. The van der Waals surface area contributed by atoms with E-state index in [2.05, 4.69) is 5.32 Å². The lowest BCUT2D eigenvalue weighted by molar-refractivity contribution is -0.140. The van der Waals surface area contributed by atoms with E-state index in [1.54, 1.807) is 25.1 Å². The van der Waals surface area contributed by atoms with Crippen molar-refractivity contribution >= 4 is 11.8 Å². The van der Waals surface area contributed by atoms with E-state index < -0.39 is 6.04 Å². The molecule has 2 amide bonds. The smallest absolute Gasteiger partial charge is 0.242 e. The predicted molar refractivity (Wildman–Crippen MR) is 95.2 cm³/mol. The minimum atomic E-state index is -0.673. The van der Waals surface area contributed by atoms with Crippen LogP contribution in [0.25, 0.3) is 0 Å². The highest BCUT2D eigenvalue weighted by Gasteiger charge is 2.25. The van der Waals surface area contributed by atoms with E-state index >= 15 is 0 Å². The van der Waals surface area contributed by atoms with Gasteiger partial charge in [-0.1, -0.05) is 48.5 Å². The van der Waals surface area contributed by atoms with Crippen LogP contribution >= 0.6 is 0 Å². The quantitative estimate of drug-likeness (QED) is 0.841. The Morgan fingerprint density at radius 2 is 1.72 bits per heavy atom. The van der Waals surface area contributed by atoms with Crippen molar-refractivity contribution in [3.63, 3.8) is 0 Å². The molecule has 2 aromatic rings. The lowest BCUT2D eigenvalue weighted by Gasteiger charge is -2.28. The topological polar surface area (TPSA) is 49.4 Å². The fourth-order valence-electron chi connectivity index (χ4n) is 2.64. The zero-order chi connectivity index (χ0) is 18.2. The van der Waals surface area contributed by atoms with Crippen LogP contribution < -0.4 is 5.32 Å². The van der Waals surface area contributed by atoms with Gasteiger partial charge in [-0.15, -0.1) is 0 Å². The predicted octanol–water partition coefficient (Wildman–Crippen LogP) is 2.92. The molecule has 25 heavy (non-hydrogen) atoms. The molecule has 0 heterocycles. The van der Waals surface area contributed by atoms with Crippen molar-refractivity contribution in [2.75, 3.05) is 7.05 Å². The maximum absolute atomic E-state index is 14.0. The molecule has 0 radical (unpaired) electrons. The molecule has 1 atom stereocenters. The van der Waals surface area contributed by atoms with Crippen molar-refractivity contribution in [1.82, 2.24) is 10.2 Å². The van der Waals surface area contributed by atoms with E-state index in [1.807, 2.05) is 30.3 Å². The van der Waals surface area contributed by atoms with Crippen molar-refractivity contribution in [1.29, 1.82) is 0 Å². The molecule has 0 aliphatic rings. The molecule has 1 N–H and O–H groups in total. The van der Waals surface area contributed by atoms with Gasteiger partial charge in [0.2, 0.25) is 11.8 Å². The molecule has 0 aliphatic carbocycles. The number of nitrogens with zero attached hydrogens (tertiary/aromatic N) is 1. The number of halogens is 1. The molecule has 0 aromatic heterocycles. The lowest BCUT2D eigenvalue weighted by Crippen LogP contribution is -2.46. The van der Waals surface area contributed by atoms with Crippen LogP contribution in [0, 0.1) is 5.82 Å². The average molecular weight is 342 g/mol. The SMILES string of the molecule is CNC(=O)C(C)N(Cc1ccccc1F)C(=O)CCc1ccccc1. The van der Waals surface area contributed by atoms with E-state index in [9.17, 15) is 14.0 Å². The number of carbonyl (C=O) groups is 2. The summed E-state index contributed by atoms with van der Waals surface area (Å²) in [5, 5.41) is 2.55.